The zero-order valence-electron chi connectivity index (χ0n) is 15.2. The maximum Gasteiger partial charge on any atom is 0.306 e. The number of carbonyl (C=O) groups is 3. The Bertz CT molecular complexity index is 647. The predicted molar refractivity (Wildman–Crippen MR) is 96.2 cm³/mol. The highest BCUT2D eigenvalue weighted by atomic mass is 16.5. The summed E-state index contributed by atoms with van der Waals surface area (Å²) in [6.07, 6.45) is 1.63. The van der Waals surface area contributed by atoms with Gasteiger partial charge in [-0.2, -0.15) is 0 Å². The maximum absolute atomic E-state index is 12.5. The molecule has 0 bridgehead atoms. The number of likely N-dealkylation sites (tertiary alicyclic amines) is 2. The van der Waals surface area contributed by atoms with E-state index in [-0.39, 0.29) is 30.6 Å². The fourth-order valence-corrected chi connectivity index (χ4v) is 3.92. The van der Waals surface area contributed by atoms with Crippen LogP contribution < -0.4 is 0 Å². The lowest BCUT2D eigenvalue weighted by Gasteiger charge is -2.22. The van der Waals surface area contributed by atoms with E-state index >= 15 is 0 Å². The molecule has 1 aromatic carbocycles. The number of amides is 2. The molecule has 26 heavy (non-hydrogen) atoms. The SMILES string of the molecule is COC(=O)CCC(=O)N1C[C@H]2CN(C(=O)CCc3ccccc3)C[C@@H]2C1. The molecule has 6 nitrogen and oxygen atoms in total. The molecule has 0 saturated carbocycles. The van der Waals surface area contributed by atoms with Gasteiger partial charge in [0.2, 0.25) is 11.8 Å². The third-order valence-corrected chi connectivity index (χ3v) is 5.43. The quantitative estimate of drug-likeness (QED) is 0.723. The average Bonchev–Trinajstić information content (AvgIpc) is 3.24. The molecule has 0 spiro atoms. The fraction of sp³-hybridized carbons (Fsp3) is 0.550. The van der Waals surface area contributed by atoms with Crippen molar-refractivity contribution in [3.8, 4) is 0 Å². The predicted octanol–water partition coefficient (Wildman–Crippen LogP) is 1.49. The van der Waals surface area contributed by atoms with E-state index in [9.17, 15) is 14.4 Å². The molecule has 2 aliphatic heterocycles. The number of ether oxygens (including phenoxy) is 1. The molecule has 0 radical (unpaired) electrons. The van der Waals surface area contributed by atoms with E-state index in [1.807, 2.05) is 40.1 Å². The van der Waals surface area contributed by atoms with E-state index in [1.165, 1.54) is 12.7 Å². The second-order valence-electron chi connectivity index (χ2n) is 7.18. The van der Waals surface area contributed by atoms with Crippen LogP contribution in [0.5, 0.6) is 0 Å². The molecular formula is C20H26N2O4. The topological polar surface area (TPSA) is 66.9 Å². The highest BCUT2D eigenvalue weighted by molar-refractivity contribution is 5.81. The first-order chi connectivity index (χ1) is 12.6. The van der Waals surface area contributed by atoms with Crippen LogP contribution in [0.2, 0.25) is 0 Å². The van der Waals surface area contributed by atoms with Gasteiger partial charge in [-0.15, -0.1) is 0 Å². The number of rotatable bonds is 6. The number of hydrogen-bond donors (Lipinski definition) is 0. The zero-order valence-corrected chi connectivity index (χ0v) is 15.2. The molecule has 2 amide bonds. The van der Waals surface area contributed by atoms with Gasteiger partial charge in [-0.3, -0.25) is 14.4 Å². The maximum atomic E-state index is 12.5. The van der Waals surface area contributed by atoms with Gasteiger partial charge in [0.1, 0.15) is 0 Å². The Morgan fingerprint density at radius 2 is 1.42 bits per heavy atom. The van der Waals surface area contributed by atoms with Crippen LogP contribution in [0.25, 0.3) is 0 Å². The van der Waals surface area contributed by atoms with Crippen molar-refractivity contribution in [2.24, 2.45) is 11.8 Å². The minimum atomic E-state index is -0.354. The summed E-state index contributed by atoms with van der Waals surface area (Å²) in [6.45, 7) is 2.85. The Morgan fingerprint density at radius 3 is 1.96 bits per heavy atom. The van der Waals surface area contributed by atoms with Crippen molar-refractivity contribution in [3.05, 3.63) is 35.9 Å². The van der Waals surface area contributed by atoms with E-state index in [0.717, 1.165) is 19.5 Å². The normalized spacial score (nSPS) is 21.6. The van der Waals surface area contributed by atoms with Gasteiger partial charge in [-0.1, -0.05) is 30.3 Å². The summed E-state index contributed by atoms with van der Waals surface area (Å²) in [5.41, 5.74) is 1.18. The van der Waals surface area contributed by atoms with Gasteiger partial charge in [0, 0.05) is 50.9 Å². The molecule has 0 N–H and O–H groups in total. The van der Waals surface area contributed by atoms with Gasteiger partial charge >= 0.3 is 5.97 Å². The first-order valence-electron chi connectivity index (χ1n) is 9.23. The zero-order chi connectivity index (χ0) is 18.5. The van der Waals surface area contributed by atoms with Crippen LogP contribution >= 0.6 is 0 Å². The van der Waals surface area contributed by atoms with Crippen molar-refractivity contribution in [2.75, 3.05) is 33.3 Å². The van der Waals surface area contributed by atoms with E-state index in [1.54, 1.807) is 0 Å². The minimum Gasteiger partial charge on any atom is -0.469 e. The number of carbonyl (C=O) groups excluding carboxylic acids is 3. The second-order valence-corrected chi connectivity index (χ2v) is 7.18. The van der Waals surface area contributed by atoms with Crippen LogP contribution in [0, 0.1) is 11.8 Å². The first kappa shape index (κ1) is 18.4. The minimum absolute atomic E-state index is 0.00625. The Hall–Kier alpha value is -2.37. The smallest absolute Gasteiger partial charge is 0.306 e. The van der Waals surface area contributed by atoms with Gasteiger partial charge in [-0.25, -0.2) is 0 Å². The number of benzene rings is 1. The molecule has 2 heterocycles. The van der Waals surface area contributed by atoms with Crippen molar-refractivity contribution in [1.82, 2.24) is 9.80 Å². The Labute approximate surface area is 154 Å². The number of nitrogens with zero attached hydrogens (tertiary/aromatic N) is 2. The molecule has 140 valence electrons. The lowest BCUT2D eigenvalue weighted by Crippen LogP contribution is -2.35. The summed E-state index contributed by atoms with van der Waals surface area (Å²) in [5.74, 6) is 0.571. The van der Waals surface area contributed by atoms with Crippen LogP contribution in [0.4, 0.5) is 0 Å². The van der Waals surface area contributed by atoms with Crippen molar-refractivity contribution < 1.29 is 19.1 Å². The van der Waals surface area contributed by atoms with Crippen molar-refractivity contribution in [1.29, 1.82) is 0 Å². The van der Waals surface area contributed by atoms with Crippen LogP contribution in [0.15, 0.2) is 30.3 Å². The van der Waals surface area contributed by atoms with E-state index in [2.05, 4.69) is 4.74 Å². The number of hydrogen-bond acceptors (Lipinski definition) is 4. The van der Waals surface area contributed by atoms with Gasteiger partial charge in [0.15, 0.2) is 0 Å². The third kappa shape index (κ3) is 4.42. The Kier molecular flexibility index (Phi) is 5.91. The molecule has 2 atom stereocenters. The van der Waals surface area contributed by atoms with Crippen LogP contribution in [0.1, 0.15) is 24.8 Å². The van der Waals surface area contributed by atoms with Crippen molar-refractivity contribution in [3.63, 3.8) is 0 Å². The van der Waals surface area contributed by atoms with Gasteiger partial charge < -0.3 is 14.5 Å². The monoisotopic (exact) mass is 358 g/mol. The lowest BCUT2D eigenvalue weighted by atomic mass is 10.0. The number of esters is 1. The van der Waals surface area contributed by atoms with E-state index < -0.39 is 0 Å². The summed E-state index contributed by atoms with van der Waals surface area (Å²) in [4.78, 5) is 39.6. The fourth-order valence-electron chi connectivity index (χ4n) is 3.92. The Balaban J connectivity index is 1.42. The van der Waals surface area contributed by atoms with Gasteiger partial charge in [0.25, 0.3) is 0 Å². The van der Waals surface area contributed by atoms with Gasteiger partial charge in [0.05, 0.1) is 13.5 Å². The summed E-state index contributed by atoms with van der Waals surface area (Å²) < 4.78 is 4.58. The van der Waals surface area contributed by atoms with Crippen molar-refractivity contribution >= 4 is 17.8 Å². The van der Waals surface area contributed by atoms with Crippen LogP contribution in [-0.4, -0.2) is 60.9 Å². The molecule has 3 rings (SSSR count). The van der Waals surface area contributed by atoms with Crippen LogP contribution in [0.3, 0.4) is 0 Å². The molecule has 2 saturated heterocycles. The molecule has 0 unspecified atom stereocenters. The summed E-state index contributed by atoms with van der Waals surface area (Å²) in [6, 6.07) is 10.1. The molecule has 0 aliphatic carbocycles. The lowest BCUT2D eigenvalue weighted by molar-refractivity contribution is -0.143. The largest absolute Gasteiger partial charge is 0.469 e. The van der Waals surface area contributed by atoms with E-state index in [4.69, 9.17) is 0 Å². The summed E-state index contributed by atoms with van der Waals surface area (Å²) in [5, 5.41) is 0. The number of fused-ring (bicyclic) bond motifs is 1. The molecule has 6 heteroatoms. The molecular weight excluding hydrogens is 332 g/mol. The first-order valence-corrected chi connectivity index (χ1v) is 9.23. The van der Waals surface area contributed by atoms with Crippen molar-refractivity contribution in [2.45, 2.75) is 25.7 Å². The molecule has 1 aromatic rings. The Morgan fingerprint density at radius 1 is 0.885 bits per heavy atom. The molecule has 2 aliphatic rings. The highest BCUT2D eigenvalue weighted by Crippen LogP contribution is 2.32. The third-order valence-electron chi connectivity index (χ3n) is 5.43. The molecule has 0 aromatic heterocycles. The van der Waals surface area contributed by atoms with Gasteiger partial charge in [-0.05, 0) is 12.0 Å². The second kappa shape index (κ2) is 8.34. The average molecular weight is 358 g/mol. The molecule has 2 fully saturated rings. The van der Waals surface area contributed by atoms with E-state index in [0.29, 0.717) is 31.3 Å². The number of aryl methyl sites for hydroxylation is 1. The highest BCUT2D eigenvalue weighted by Gasteiger charge is 2.42. The number of methoxy groups -OCH3 is 1. The summed E-state index contributed by atoms with van der Waals surface area (Å²) >= 11 is 0. The van der Waals surface area contributed by atoms with Crippen LogP contribution in [-0.2, 0) is 25.5 Å². The summed E-state index contributed by atoms with van der Waals surface area (Å²) in [7, 11) is 1.33. The standard InChI is InChI=1S/C20H26N2O4/c1-26-20(25)10-9-19(24)22-13-16-11-21(12-17(16)14-22)18(23)8-7-15-5-3-2-4-6-15/h2-6,16-17H,7-14H2,1H3/t16-,17-/m1/s1.